The van der Waals surface area contributed by atoms with Crippen LogP contribution in [-0.2, 0) is 4.79 Å². The molecule has 0 bridgehead atoms. The van der Waals surface area contributed by atoms with Crippen LogP contribution in [0.2, 0.25) is 0 Å². The number of hydrogen-bond donors (Lipinski definition) is 1. The highest BCUT2D eigenvalue weighted by atomic mass is 35.5. The van der Waals surface area contributed by atoms with E-state index in [9.17, 15) is 4.79 Å². The lowest BCUT2D eigenvalue weighted by molar-refractivity contribution is -0.133. The van der Waals surface area contributed by atoms with Gasteiger partial charge in [-0.25, -0.2) is 4.98 Å². The number of hydrogen-bond acceptors (Lipinski definition) is 5. The molecule has 1 aromatic carbocycles. The van der Waals surface area contributed by atoms with Crippen LogP contribution in [0.15, 0.2) is 48.7 Å². The number of halogens is 2. The third-order valence-corrected chi connectivity index (χ3v) is 3.44. The number of benzene rings is 1. The Morgan fingerprint density at radius 3 is 2.36 bits per heavy atom. The van der Waals surface area contributed by atoms with E-state index in [0.717, 1.165) is 0 Å². The molecule has 1 unspecified atom stereocenters. The molecule has 1 aromatic heterocycles. The monoisotopic (exact) mass is 387 g/mol. The lowest BCUT2D eigenvalue weighted by atomic mass is 10.3. The lowest BCUT2D eigenvalue weighted by Gasteiger charge is -2.23. The molecule has 6 nitrogen and oxygen atoms in total. The molecule has 25 heavy (non-hydrogen) atoms. The average molecular weight is 388 g/mol. The van der Waals surface area contributed by atoms with Crippen LogP contribution >= 0.6 is 24.8 Å². The van der Waals surface area contributed by atoms with E-state index in [1.165, 1.54) is 0 Å². The molecule has 138 valence electrons. The molecular weight excluding hydrogens is 365 g/mol. The van der Waals surface area contributed by atoms with E-state index >= 15 is 0 Å². The smallest absolute Gasteiger partial charge is 0.260 e. The summed E-state index contributed by atoms with van der Waals surface area (Å²) >= 11 is 0. The predicted molar refractivity (Wildman–Crippen MR) is 102 cm³/mol. The molecule has 8 heteroatoms. The van der Waals surface area contributed by atoms with Gasteiger partial charge in [0.25, 0.3) is 5.91 Å². The summed E-state index contributed by atoms with van der Waals surface area (Å²) in [6.07, 6.45) is 1.66. The van der Waals surface area contributed by atoms with E-state index in [-0.39, 0.29) is 43.4 Å². The molecule has 0 fully saturated rings. The van der Waals surface area contributed by atoms with Crippen molar-refractivity contribution in [3.8, 4) is 17.4 Å². The second kappa shape index (κ2) is 11.5. The molecule has 0 spiro atoms. The van der Waals surface area contributed by atoms with Gasteiger partial charge in [-0.3, -0.25) is 4.79 Å². The minimum absolute atomic E-state index is 0. The highest BCUT2D eigenvalue weighted by Crippen LogP contribution is 2.22. The number of nitrogens with zero attached hydrogens (tertiary/aromatic N) is 2. The van der Waals surface area contributed by atoms with Gasteiger partial charge in [0.15, 0.2) is 6.61 Å². The first-order chi connectivity index (χ1) is 11.1. The van der Waals surface area contributed by atoms with Crippen LogP contribution in [0, 0.1) is 0 Å². The number of aromatic nitrogens is 1. The molecule has 2 rings (SSSR count). The molecule has 1 heterocycles. The van der Waals surface area contributed by atoms with Gasteiger partial charge in [-0.15, -0.1) is 24.8 Å². The van der Waals surface area contributed by atoms with E-state index in [1.807, 2.05) is 19.1 Å². The van der Waals surface area contributed by atoms with Crippen LogP contribution in [0.4, 0.5) is 0 Å². The fraction of sp³-hybridized carbons (Fsp3) is 0.294. The van der Waals surface area contributed by atoms with Crippen molar-refractivity contribution in [3.05, 3.63) is 48.7 Å². The number of carbonyl (C=O) groups excluding carboxylic acids is 1. The fourth-order valence-electron chi connectivity index (χ4n) is 1.78. The van der Waals surface area contributed by atoms with Crippen LogP contribution in [0.25, 0.3) is 0 Å². The largest absolute Gasteiger partial charge is 0.484 e. The van der Waals surface area contributed by atoms with Crippen molar-refractivity contribution < 1.29 is 14.3 Å². The van der Waals surface area contributed by atoms with Gasteiger partial charge in [0.1, 0.15) is 11.5 Å². The molecule has 0 saturated carbocycles. The maximum Gasteiger partial charge on any atom is 0.260 e. The topological polar surface area (TPSA) is 77.7 Å². The maximum atomic E-state index is 11.9. The van der Waals surface area contributed by atoms with Gasteiger partial charge in [-0.1, -0.05) is 6.07 Å². The van der Waals surface area contributed by atoms with Crippen molar-refractivity contribution >= 4 is 30.7 Å². The highest BCUT2D eigenvalue weighted by molar-refractivity contribution is 5.85. The first-order valence-corrected chi connectivity index (χ1v) is 7.37. The van der Waals surface area contributed by atoms with Gasteiger partial charge in [-0.2, -0.15) is 0 Å². The standard InChI is InChI=1S/C17H21N3O3.2ClH/c1-13(11-18)20(2)17(21)12-22-14-6-8-15(9-7-14)23-16-5-3-4-10-19-16;;/h3-10,13H,11-12,18H2,1-2H3;2*1H. The number of ether oxygens (including phenoxy) is 2. The number of pyridine rings is 1. The zero-order chi connectivity index (χ0) is 16.7. The molecule has 0 radical (unpaired) electrons. The fourth-order valence-corrected chi connectivity index (χ4v) is 1.78. The minimum Gasteiger partial charge on any atom is -0.484 e. The summed E-state index contributed by atoms with van der Waals surface area (Å²) in [6.45, 7) is 2.28. The molecule has 2 N–H and O–H groups in total. The average Bonchev–Trinajstić information content (AvgIpc) is 2.60. The van der Waals surface area contributed by atoms with Gasteiger partial charge < -0.3 is 20.1 Å². The van der Waals surface area contributed by atoms with Crippen LogP contribution in [-0.4, -0.2) is 42.0 Å². The van der Waals surface area contributed by atoms with Gasteiger partial charge in [-0.05, 0) is 37.3 Å². The van der Waals surface area contributed by atoms with Gasteiger partial charge in [0.05, 0.1) is 0 Å². The number of rotatable bonds is 7. The zero-order valence-electron chi connectivity index (χ0n) is 14.1. The van der Waals surface area contributed by atoms with Crippen LogP contribution in [0.1, 0.15) is 6.92 Å². The highest BCUT2D eigenvalue weighted by Gasteiger charge is 2.14. The van der Waals surface area contributed by atoms with Crippen molar-refractivity contribution in [2.75, 3.05) is 20.2 Å². The molecule has 0 saturated heterocycles. The molecule has 1 amide bonds. The second-order valence-corrected chi connectivity index (χ2v) is 5.12. The first kappa shape index (κ1) is 23.0. The Labute approximate surface area is 160 Å². The Balaban J connectivity index is 0.00000288. The summed E-state index contributed by atoms with van der Waals surface area (Å²) in [6, 6.07) is 12.5. The summed E-state index contributed by atoms with van der Waals surface area (Å²) < 4.78 is 11.1. The maximum absolute atomic E-state index is 11.9. The number of likely N-dealkylation sites (N-methyl/N-ethyl adjacent to an activating group) is 1. The quantitative estimate of drug-likeness (QED) is 0.789. The minimum atomic E-state index is -0.114. The van der Waals surface area contributed by atoms with E-state index in [2.05, 4.69) is 4.98 Å². The number of nitrogens with two attached hydrogens (primary N) is 1. The van der Waals surface area contributed by atoms with Crippen molar-refractivity contribution in [2.24, 2.45) is 5.73 Å². The molecule has 0 aliphatic carbocycles. The van der Waals surface area contributed by atoms with Crippen molar-refractivity contribution in [2.45, 2.75) is 13.0 Å². The summed E-state index contributed by atoms with van der Waals surface area (Å²) in [4.78, 5) is 17.6. The molecule has 2 aromatic rings. The SMILES string of the molecule is CC(CN)N(C)C(=O)COc1ccc(Oc2ccccn2)cc1.Cl.Cl. The van der Waals surface area contributed by atoms with Crippen molar-refractivity contribution in [1.82, 2.24) is 9.88 Å². The summed E-state index contributed by atoms with van der Waals surface area (Å²) in [5.74, 6) is 1.65. The van der Waals surface area contributed by atoms with E-state index in [4.69, 9.17) is 15.2 Å². The van der Waals surface area contributed by atoms with Crippen molar-refractivity contribution in [3.63, 3.8) is 0 Å². The van der Waals surface area contributed by atoms with Crippen LogP contribution in [0.5, 0.6) is 17.4 Å². The van der Waals surface area contributed by atoms with Gasteiger partial charge in [0.2, 0.25) is 5.88 Å². The summed E-state index contributed by atoms with van der Waals surface area (Å²) in [5, 5.41) is 0. The first-order valence-electron chi connectivity index (χ1n) is 7.37. The third-order valence-electron chi connectivity index (χ3n) is 3.44. The Morgan fingerprint density at radius 1 is 1.16 bits per heavy atom. The molecule has 0 aliphatic rings. The van der Waals surface area contributed by atoms with E-state index in [1.54, 1.807) is 48.5 Å². The van der Waals surface area contributed by atoms with Gasteiger partial charge in [0, 0.05) is 31.9 Å². The van der Waals surface area contributed by atoms with E-state index in [0.29, 0.717) is 23.9 Å². The Kier molecular flexibility index (Phi) is 10.6. The zero-order valence-corrected chi connectivity index (χ0v) is 15.8. The summed E-state index contributed by atoms with van der Waals surface area (Å²) in [5.41, 5.74) is 5.54. The lowest BCUT2D eigenvalue weighted by Crippen LogP contribution is -2.42. The Hall–Kier alpha value is -2.02. The van der Waals surface area contributed by atoms with Crippen molar-refractivity contribution in [1.29, 1.82) is 0 Å². The van der Waals surface area contributed by atoms with Gasteiger partial charge >= 0.3 is 0 Å². The van der Waals surface area contributed by atoms with Crippen LogP contribution in [0.3, 0.4) is 0 Å². The predicted octanol–water partition coefficient (Wildman–Crippen LogP) is 2.90. The Morgan fingerprint density at radius 2 is 1.80 bits per heavy atom. The normalized spacial score (nSPS) is 10.7. The second-order valence-electron chi connectivity index (χ2n) is 5.12. The molecule has 1 atom stereocenters. The number of amides is 1. The van der Waals surface area contributed by atoms with E-state index < -0.39 is 0 Å². The molecular formula is C17H23Cl2N3O3. The third kappa shape index (κ3) is 7.17. The molecule has 0 aliphatic heterocycles. The van der Waals surface area contributed by atoms with Crippen LogP contribution < -0.4 is 15.2 Å². The summed E-state index contributed by atoms with van der Waals surface area (Å²) in [7, 11) is 1.72. The Bertz CT molecular complexity index is 627. The number of carbonyl (C=O) groups is 1.